The zero-order valence-corrected chi connectivity index (χ0v) is 52.9. The smallest absolute Gasteiger partial charge is 0.410 e. The molecular formula is C70H105Cl2NO10. The van der Waals surface area contributed by atoms with E-state index in [-0.39, 0.29) is 62.5 Å². The highest BCUT2D eigenvalue weighted by Gasteiger charge is 2.33. The molecule has 1 aliphatic carbocycles. The largest absolute Gasteiger partial charge is 0.462 e. The molecule has 3 aromatic rings. The summed E-state index contributed by atoms with van der Waals surface area (Å²) in [6.07, 6.45) is 38.1. The lowest BCUT2D eigenvalue weighted by molar-refractivity contribution is -0.167. The second-order valence-electron chi connectivity index (χ2n) is 23.3. The van der Waals surface area contributed by atoms with E-state index in [1.165, 1.54) is 128 Å². The Bertz CT molecular complexity index is 2210. The highest BCUT2D eigenvalue weighted by molar-refractivity contribution is 6.42. The summed E-state index contributed by atoms with van der Waals surface area (Å²) in [5.74, 6) is -0.794. The first-order valence-electron chi connectivity index (χ1n) is 32.7. The molecule has 0 saturated carbocycles. The Balaban J connectivity index is 1.07. The fourth-order valence-corrected chi connectivity index (χ4v) is 11.5. The summed E-state index contributed by atoms with van der Waals surface area (Å²) in [5, 5.41) is 1.05. The predicted molar refractivity (Wildman–Crippen MR) is 336 cm³/mol. The Morgan fingerprint density at radius 3 is 1.35 bits per heavy atom. The van der Waals surface area contributed by atoms with Gasteiger partial charge in [-0.3, -0.25) is 19.2 Å². The van der Waals surface area contributed by atoms with Crippen LogP contribution in [0.4, 0.5) is 4.79 Å². The number of ether oxygens (including phenoxy) is 5. The van der Waals surface area contributed by atoms with E-state index in [2.05, 4.69) is 26.0 Å². The number of nitrogens with zero attached hydrogens (tertiary/aromatic N) is 1. The van der Waals surface area contributed by atoms with Crippen LogP contribution in [-0.4, -0.2) is 61.2 Å². The van der Waals surface area contributed by atoms with Gasteiger partial charge in [0.1, 0.15) is 25.6 Å². The minimum atomic E-state index is -0.854. The lowest BCUT2D eigenvalue weighted by Gasteiger charge is -2.36. The zero-order valence-electron chi connectivity index (χ0n) is 51.4. The number of hydrogen-bond acceptors (Lipinski definition) is 10. The first-order valence-corrected chi connectivity index (χ1v) is 33.5. The van der Waals surface area contributed by atoms with Crippen LogP contribution < -0.4 is 4.74 Å². The summed E-state index contributed by atoms with van der Waals surface area (Å²) in [6, 6.07) is 20.8. The van der Waals surface area contributed by atoms with Gasteiger partial charge >= 0.3 is 30.0 Å². The van der Waals surface area contributed by atoms with Crippen molar-refractivity contribution < 1.29 is 47.7 Å². The number of halogens is 2. The van der Waals surface area contributed by atoms with Crippen LogP contribution in [0.3, 0.4) is 0 Å². The molecule has 1 amide bonds. The molecule has 0 aliphatic heterocycles. The molecule has 464 valence electrons. The number of carbonyl (C=O) groups excluding carboxylic acids is 5. The standard InChI is InChI=1S/C70H105Cl2NO10/c1-4-6-8-10-12-14-16-18-20-22-24-28-32-40-66(74)79-54-59(55-80-67(75)41-33-29-25-23-21-19-17-15-13-11-9-7-5-2)83-69(77)43-35-31-27-26-30-34-42-68(76)82-58-47-44-56(45-48-58)53-81-70(78)73(3)65-51-49-60(61-38-36-37-39-62(61)65)57-46-50-63(71)64(72)52-57/h36-39,44-48,50,52,59-60,65H,4-35,40-43,49,51,53-55H2,1-3H3/t60-,65-/m0/s1. The molecule has 3 aromatic carbocycles. The maximum Gasteiger partial charge on any atom is 0.410 e. The summed E-state index contributed by atoms with van der Waals surface area (Å²) in [7, 11) is 1.77. The number of rotatable bonds is 47. The summed E-state index contributed by atoms with van der Waals surface area (Å²) in [5.41, 5.74) is 4.11. The average molecular weight is 1190 g/mol. The van der Waals surface area contributed by atoms with E-state index in [1.54, 1.807) is 36.2 Å². The predicted octanol–water partition coefficient (Wildman–Crippen LogP) is 20.2. The third-order valence-corrected chi connectivity index (χ3v) is 17.0. The molecule has 0 fully saturated rings. The molecule has 4 rings (SSSR count). The lowest BCUT2D eigenvalue weighted by atomic mass is 9.76. The molecule has 2 atom stereocenters. The number of unbranched alkanes of at least 4 members (excludes halogenated alkanes) is 29. The molecule has 0 heterocycles. The van der Waals surface area contributed by atoms with Crippen LogP contribution >= 0.6 is 23.2 Å². The molecule has 0 spiro atoms. The van der Waals surface area contributed by atoms with E-state index in [1.807, 2.05) is 30.3 Å². The van der Waals surface area contributed by atoms with E-state index in [4.69, 9.17) is 46.9 Å². The summed E-state index contributed by atoms with van der Waals surface area (Å²) < 4.78 is 28.2. The Morgan fingerprint density at radius 2 is 0.892 bits per heavy atom. The van der Waals surface area contributed by atoms with Gasteiger partial charge in [-0.1, -0.05) is 259 Å². The van der Waals surface area contributed by atoms with Crippen LogP contribution in [0.2, 0.25) is 10.0 Å². The van der Waals surface area contributed by atoms with Crippen LogP contribution in [0.5, 0.6) is 5.75 Å². The van der Waals surface area contributed by atoms with Gasteiger partial charge in [-0.15, -0.1) is 0 Å². The highest BCUT2D eigenvalue weighted by Crippen LogP contribution is 2.44. The molecular weight excluding hydrogens is 1090 g/mol. The normalized spacial score (nSPS) is 13.8. The number of benzene rings is 3. The Kier molecular flexibility index (Phi) is 38.3. The fraction of sp³-hybridized carbons (Fsp3) is 0.671. The van der Waals surface area contributed by atoms with Crippen molar-refractivity contribution in [2.24, 2.45) is 0 Å². The van der Waals surface area contributed by atoms with Gasteiger partial charge < -0.3 is 28.6 Å². The van der Waals surface area contributed by atoms with Crippen LogP contribution in [0.25, 0.3) is 0 Å². The van der Waals surface area contributed by atoms with Gasteiger partial charge in [0.25, 0.3) is 0 Å². The molecule has 0 aromatic heterocycles. The summed E-state index contributed by atoms with van der Waals surface area (Å²) in [4.78, 5) is 66.1. The monoisotopic (exact) mass is 1190 g/mol. The maximum atomic E-state index is 13.3. The number of carbonyl (C=O) groups is 5. The maximum absolute atomic E-state index is 13.3. The summed E-state index contributed by atoms with van der Waals surface area (Å²) in [6.45, 7) is 4.31. The molecule has 0 N–H and O–H groups in total. The molecule has 0 bridgehead atoms. The first kappa shape index (κ1) is 70.9. The van der Waals surface area contributed by atoms with Gasteiger partial charge in [0.2, 0.25) is 0 Å². The van der Waals surface area contributed by atoms with Crippen molar-refractivity contribution >= 4 is 53.2 Å². The van der Waals surface area contributed by atoms with Crippen molar-refractivity contribution in [1.29, 1.82) is 0 Å². The van der Waals surface area contributed by atoms with Gasteiger partial charge in [0, 0.05) is 38.6 Å². The van der Waals surface area contributed by atoms with Gasteiger partial charge in [0.15, 0.2) is 6.10 Å². The SMILES string of the molecule is CCCCCCCCCCCCCCCC(=O)OCC(COC(=O)CCCCCCCCCCCCCCC)OC(=O)CCCCCCCCC(=O)Oc1ccc(COC(=O)N(C)[C@H]2CC[C@@H](c3ccc(Cl)c(Cl)c3)c3ccccc32)cc1. The van der Waals surface area contributed by atoms with Crippen LogP contribution in [0.15, 0.2) is 66.7 Å². The third-order valence-electron chi connectivity index (χ3n) is 16.2. The molecule has 83 heavy (non-hydrogen) atoms. The number of amides is 1. The van der Waals surface area contributed by atoms with Crippen molar-refractivity contribution in [2.45, 2.75) is 283 Å². The number of esters is 4. The lowest BCUT2D eigenvalue weighted by Crippen LogP contribution is -2.34. The second kappa shape index (κ2) is 44.8. The van der Waals surface area contributed by atoms with Crippen molar-refractivity contribution in [3.8, 4) is 5.75 Å². The molecule has 0 unspecified atom stereocenters. The second-order valence-corrected chi connectivity index (χ2v) is 24.1. The fourth-order valence-electron chi connectivity index (χ4n) is 11.2. The molecule has 13 heteroatoms. The Morgan fingerprint density at radius 1 is 0.470 bits per heavy atom. The molecule has 0 saturated heterocycles. The Labute approximate surface area is 510 Å². The summed E-state index contributed by atoms with van der Waals surface area (Å²) >= 11 is 12.6. The molecule has 11 nitrogen and oxygen atoms in total. The highest BCUT2D eigenvalue weighted by atomic mass is 35.5. The van der Waals surface area contributed by atoms with E-state index in [9.17, 15) is 24.0 Å². The van der Waals surface area contributed by atoms with Gasteiger partial charge in [-0.25, -0.2) is 4.79 Å². The van der Waals surface area contributed by atoms with E-state index >= 15 is 0 Å². The van der Waals surface area contributed by atoms with E-state index in [0.717, 1.165) is 99.3 Å². The zero-order chi connectivity index (χ0) is 59.5. The quantitative estimate of drug-likeness (QED) is 0.0233. The van der Waals surface area contributed by atoms with Crippen LogP contribution in [0, 0.1) is 0 Å². The average Bonchev–Trinajstić information content (AvgIpc) is 3.68. The Hall–Kier alpha value is -4.61. The van der Waals surface area contributed by atoms with E-state index < -0.39 is 18.2 Å². The van der Waals surface area contributed by atoms with Crippen LogP contribution in [-0.2, 0) is 44.7 Å². The van der Waals surface area contributed by atoms with Crippen molar-refractivity contribution in [3.05, 3.63) is 99.0 Å². The van der Waals surface area contributed by atoms with Gasteiger partial charge in [-0.05, 0) is 85.0 Å². The van der Waals surface area contributed by atoms with Gasteiger partial charge in [-0.2, -0.15) is 0 Å². The van der Waals surface area contributed by atoms with Crippen LogP contribution in [0.1, 0.15) is 292 Å². The topological polar surface area (TPSA) is 135 Å². The van der Waals surface area contributed by atoms with Gasteiger partial charge in [0.05, 0.1) is 16.1 Å². The van der Waals surface area contributed by atoms with Crippen molar-refractivity contribution in [3.63, 3.8) is 0 Å². The third kappa shape index (κ3) is 31.4. The van der Waals surface area contributed by atoms with E-state index in [0.29, 0.717) is 41.5 Å². The number of fused-ring (bicyclic) bond motifs is 1. The van der Waals surface area contributed by atoms with Crippen molar-refractivity contribution in [1.82, 2.24) is 4.90 Å². The minimum Gasteiger partial charge on any atom is -0.462 e. The number of hydrogen-bond donors (Lipinski definition) is 0. The van der Waals surface area contributed by atoms with Crippen molar-refractivity contribution in [2.75, 3.05) is 20.3 Å². The minimum absolute atomic E-state index is 0.0762. The first-order chi connectivity index (χ1) is 40.5. The molecule has 1 aliphatic rings. The molecule has 0 radical (unpaired) electrons.